The minimum Gasteiger partial charge on any atom is -0.304 e. The van der Waals surface area contributed by atoms with Crippen LogP contribution in [0.1, 0.15) is 27.8 Å². The average molecular weight is 494 g/mol. The van der Waals surface area contributed by atoms with E-state index in [2.05, 4.69) is 6.58 Å². The number of anilines is 2. The quantitative estimate of drug-likeness (QED) is 0.303. The molecular weight excluding hydrogens is 466 g/mol. The molecule has 1 fully saturated rings. The Balaban J connectivity index is 1.74. The molecule has 5 nitrogen and oxygen atoms in total. The number of benzene rings is 3. The van der Waals surface area contributed by atoms with Crippen molar-refractivity contribution in [3.8, 4) is 0 Å². The second kappa shape index (κ2) is 9.28. The number of aryl methyl sites for hydroxylation is 2. The Labute approximate surface area is 215 Å². The third kappa shape index (κ3) is 3.78. The van der Waals surface area contributed by atoms with Crippen molar-refractivity contribution >= 4 is 51.4 Å². The second-order valence-electron chi connectivity index (χ2n) is 9.00. The van der Waals surface area contributed by atoms with Crippen molar-refractivity contribution < 1.29 is 9.59 Å². The van der Waals surface area contributed by atoms with Gasteiger partial charge in [-0.05, 0) is 79.9 Å². The number of carbonyl (C=O) groups is 2. The van der Waals surface area contributed by atoms with Gasteiger partial charge in [0.2, 0.25) is 0 Å². The highest BCUT2D eigenvalue weighted by atomic mass is 32.2. The van der Waals surface area contributed by atoms with Gasteiger partial charge in [-0.2, -0.15) is 0 Å². The second-order valence-corrected chi connectivity index (χ2v) is 9.98. The van der Waals surface area contributed by atoms with Crippen molar-refractivity contribution in [2.75, 3.05) is 16.3 Å². The minimum atomic E-state index is -0.239. The van der Waals surface area contributed by atoms with Crippen LogP contribution in [-0.4, -0.2) is 23.5 Å². The molecule has 0 N–H and O–H groups in total. The van der Waals surface area contributed by atoms with Crippen molar-refractivity contribution in [1.82, 2.24) is 0 Å². The van der Waals surface area contributed by atoms with Gasteiger partial charge in [0.15, 0.2) is 5.17 Å². The smallest absolute Gasteiger partial charge is 0.272 e. The highest BCUT2D eigenvalue weighted by Gasteiger charge is 2.43. The molecule has 36 heavy (non-hydrogen) atoms. The number of hydrogen-bond acceptors (Lipinski definition) is 4. The van der Waals surface area contributed by atoms with E-state index in [-0.39, 0.29) is 11.8 Å². The standard InChI is InChI=1S/C30H27N3O2S/c1-6-17-32-25-15-8-7-13-22(25)26(28(32)34)27-29(35)33(24-16-10-12-19(3)21(24)5)30(36-27)31-23-14-9-11-18(2)20(23)4/h6-16H,1,17H2,2-5H3/b27-26-,31-30?. The summed E-state index contributed by atoms with van der Waals surface area (Å²) < 4.78 is 0. The molecule has 0 unspecified atom stereocenters. The van der Waals surface area contributed by atoms with Gasteiger partial charge in [0.25, 0.3) is 11.8 Å². The fraction of sp³-hybridized carbons (Fsp3) is 0.167. The third-order valence-electron chi connectivity index (χ3n) is 6.85. The van der Waals surface area contributed by atoms with Gasteiger partial charge >= 0.3 is 0 Å². The van der Waals surface area contributed by atoms with E-state index in [0.717, 1.165) is 44.9 Å². The number of rotatable bonds is 4. The van der Waals surface area contributed by atoms with E-state index < -0.39 is 0 Å². The van der Waals surface area contributed by atoms with E-state index in [9.17, 15) is 9.59 Å². The molecule has 2 aliphatic heterocycles. The van der Waals surface area contributed by atoms with Crippen LogP contribution in [0.2, 0.25) is 0 Å². The molecule has 3 aromatic carbocycles. The first-order valence-corrected chi connectivity index (χ1v) is 12.6. The van der Waals surface area contributed by atoms with Gasteiger partial charge in [-0.15, -0.1) is 6.58 Å². The van der Waals surface area contributed by atoms with Crippen LogP contribution in [-0.2, 0) is 9.59 Å². The number of amides is 2. The molecule has 0 atom stereocenters. The molecule has 2 aliphatic rings. The maximum atomic E-state index is 14.1. The molecule has 0 aromatic heterocycles. The Morgan fingerprint density at radius 2 is 1.50 bits per heavy atom. The van der Waals surface area contributed by atoms with Crippen LogP contribution in [0.25, 0.3) is 5.57 Å². The van der Waals surface area contributed by atoms with Crippen LogP contribution in [0.3, 0.4) is 0 Å². The van der Waals surface area contributed by atoms with Crippen molar-refractivity contribution in [2.45, 2.75) is 27.7 Å². The summed E-state index contributed by atoms with van der Waals surface area (Å²) in [6.07, 6.45) is 1.70. The summed E-state index contributed by atoms with van der Waals surface area (Å²) in [5, 5.41) is 0.539. The predicted octanol–water partition coefficient (Wildman–Crippen LogP) is 6.63. The average Bonchev–Trinajstić information content (AvgIpc) is 3.32. The molecule has 180 valence electrons. The number of nitrogens with zero attached hydrogens (tertiary/aromatic N) is 3. The predicted molar refractivity (Wildman–Crippen MR) is 150 cm³/mol. The maximum absolute atomic E-state index is 14.1. The highest BCUT2D eigenvalue weighted by molar-refractivity contribution is 8.19. The van der Waals surface area contributed by atoms with Crippen molar-refractivity contribution in [3.63, 3.8) is 0 Å². The molecule has 0 bridgehead atoms. The van der Waals surface area contributed by atoms with Gasteiger partial charge in [0, 0.05) is 12.1 Å². The van der Waals surface area contributed by atoms with Crippen LogP contribution in [0.5, 0.6) is 0 Å². The number of amidine groups is 1. The Hall–Kier alpha value is -3.90. The lowest BCUT2D eigenvalue weighted by Gasteiger charge is -2.19. The summed E-state index contributed by atoms with van der Waals surface area (Å²) in [5.41, 5.74) is 7.80. The summed E-state index contributed by atoms with van der Waals surface area (Å²) >= 11 is 1.26. The molecule has 6 heteroatoms. The zero-order chi connectivity index (χ0) is 25.6. The van der Waals surface area contributed by atoms with E-state index in [0.29, 0.717) is 22.2 Å². The van der Waals surface area contributed by atoms with Crippen molar-refractivity contribution in [1.29, 1.82) is 0 Å². The first kappa shape index (κ1) is 23.8. The van der Waals surface area contributed by atoms with Gasteiger partial charge in [0.05, 0.1) is 27.5 Å². The molecular formula is C30H27N3O2S. The van der Waals surface area contributed by atoms with Gasteiger partial charge in [-0.1, -0.05) is 48.5 Å². The summed E-state index contributed by atoms with van der Waals surface area (Å²) in [6.45, 7) is 12.3. The molecule has 0 spiro atoms. The topological polar surface area (TPSA) is 53.0 Å². The number of thioether (sulfide) groups is 1. The minimum absolute atomic E-state index is 0.194. The number of fused-ring (bicyclic) bond motifs is 1. The van der Waals surface area contributed by atoms with E-state index >= 15 is 0 Å². The largest absolute Gasteiger partial charge is 0.304 e. The Kier molecular flexibility index (Phi) is 6.14. The summed E-state index contributed by atoms with van der Waals surface area (Å²) in [5.74, 6) is -0.433. The molecule has 2 amide bonds. The fourth-order valence-corrected chi connectivity index (χ4v) is 5.64. The number of hydrogen-bond donors (Lipinski definition) is 0. The van der Waals surface area contributed by atoms with Crippen LogP contribution < -0.4 is 9.80 Å². The summed E-state index contributed by atoms with van der Waals surface area (Å²) in [6, 6.07) is 19.5. The van der Waals surface area contributed by atoms with Gasteiger partial charge in [-0.3, -0.25) is 14.5 Å². The van der Waals surface area contributed by atoms with Gasteiger partial charge in [0.1, 0.15) is 0 Å². The Morgan fingerprint density at radius 3 is 2.25 bits per heavy atom. The van der Waals surface area contributed by atoms with Gasteiger partial charge in [-0.25, -0.2) is 4.99 Å². The van der Waals surface area contributed by atoms with Crippen LogP contribution in [0, 0.1) is 27.7 Å². The molecule has 0 aliphatic carbocycles. The first-order chi connectivity index (χ1) is 17.3. The molecule has 1 saturated heterocycles. The third-order valence-corrected chi connectivity index (χ3v) is 7.89. The van der Waals surface area contributed by atoms with Crippen LogP contribution in [0.4, 0.5) is 17.1 Å². The summed E-state index contributed by atoms with van der Waals surface area (Å²) in [4.78, 5) is 36.4. The Morgan fingerprint density at radius 1 is 0.833 bits per heavy atom. The fourth-order valence-electron chi connectivity index (χ4n) is 4.56. The first-order valence-electron chi connectivity index (χ1n) is 11.8. The monoisotopic (exact) mass is 493 g/mol. The normalized spacial score (nSPS) is 18.4. The van der Waals surface area contributed by atoms with Crippen molar-refractivity contribution in [2.24, 2.45) is 4.99 Å². The molecule has 3 aromatic rings. The van der Waals surface area contributed by atoms with Crippen molar-refractivity contribution in [3.05, 3.63) is 106 Å². The van der Waals surface area contributed by atoms with Gasteiger partial charge < -0.3 is 4.90 Å². The van der Waals surface area contributed by atoms with Crippen LogP contribution >= 0.6 is 11.8 Å². The lowest BCUT2D eigenvalue weighted by molar-refractivity contribution is -0.115. The molecule has 2 heterocycles. The van der Waals surface area contributed by atoms with E-state index in [1.165, 1.54) is 11.8 Å². The summed E-state index contributed by atoms with van der Waals surface area (Å²) in [7, 11) is 0. The number of para-hydroxylation sites is 1. The van der Waals surface area contributed by atoms with E-state index in [1.54, 1.807) is 15.9 Å². The number of aliphatic imine (C=N–C) groups is 1. The zero-order valence-electron chi connectivity index (χ0n) is 20.8. The molecule has 0 radical (unpaired) electrons. The SMILES string of the molecule is C=CCN1C(=O)/C(=C2\SC(=Nc3cccc(C)c3C)N(c3cccc(C)c3C)C2=O)c2ccccc21. The Bertz CT molecular complexity index is 1500. The van der Waals surface area contributed by atoms with Crippen LogP contribution in [0.15, 0.2) is 83.2 Å². The van der Waals surface area contributed by atoms with E-state index in [1.807, 2.05) is 88.4 Å². The molecule has 0 saturated carbocycles. The molecule has 5 rings (SSSR count). The lowest BCUT2D eigenvalue weighted by Crippen LogP contribution is -2.30. The van der Waals surface area contributed by atoms with E-state index in [4.69, 9.17) is 4.99 Å². The highest BCUT2D eigenvalue weighted by Crippen LogP contribution is 2.46. The maximum Gasteiger partial charge on any atom is 0.272 e. The lowest BCUT2D eigenvalue weighted by atomic mass is 10.1. The number of carbonyl (C=O) groups excluding carboxylic acids is 2. The zero-order valence-corrected chi connectivity index (χ0v) is 21.6.